The van der Waals surface area contributed by atoms with Gasteiger partial charge in [0.2, 0.25) is 11.8 Å². The van der Waals surface area contributed by atoms with Crippen LogP contribution in [-0.4, -0.2) is 46.1 Å². The molecule has 0 heterocycles. The summed E-state index contributed by atoms with van der Waals surface area (Å²) in [5.74, 6) is 0.452. The molecule has 0 saturated carbocycles. The van der Waals surface area contributed by atoms with E-state index in [9.17, 15) is 9.59 Å². The number of hydrogen-bond acceptors (Lipinski definition) is 4. The van der Waals surface area contributed by atoms with E-state index in [1.165, 1.54) is 11.8 Å². The van der Waals surface area contributed by atoms with Gasteiger partial charge in [-0.2, -0.15) is 0 Å². The van der Waals surface area contributed by atoms with E-state index in [1.54, 1.807) is 7.11 Å². The largest absolute Gasteiger partial charge is 0.497 e. The molecule has 0 aliphatic carbocycles. The van der Waals surface area contributed by atoms with Crippen LogP contribution in [0.1, 0.15) is 12.5 Å². The fraction of sp³-hybridized carbons (Fsp3) is 0.333. The van der Waals surface area contributed by atoms with Gasteiger partial charge in [-0.15, -0.1) is 0 Å². The Kier molecular flexibility index (Phi) is 7.23. The van der Waals surface area contributed by atoms with Gasteiger partial charge in [0, 0.05) is 38.9 Å². The number of hydrogen-bond donors (Lipinski definition) is 1. The molecule has 0 aromatic heterocycles. The Morgan fingerprint density at radius 2 is 1.56 bits per heavy atom. The first-order chi connectivity index (χ1) is 12.9. The molecule has 0 spiro atoms. The summed E-state index contributed by atoms with van der Waals surface area (Å²) in [6, 6.07) is 15.3. The van der Waals surface area contributed by atoms with Crippen molar-refractivity contribution in [3.63, 3.8) is 0 Å². The van der Waals surface area contributed by atoms with Crippen molar-refractivity contribution in [2.45, 2.75) is 13.3 Å². The monoisotopic (exact) mass is 369 g/mol. The van der Waals surface area contributed by atoms with E-state index in [0.29, 0.717) is 18.7 Å². The lowest BCUT2D eigenvalue weighted by Gasteiger charge is -2.22. The summed E-state index contributed by atoms with van der Waals surface area (Å²) in [6.45, 7) is 1.97. The molecule has 144 valence electrons. The van der Waals surface area contributed by atoms with Gasteiger partial charge in [-0.25, -0.2) is 0 Å². The van der Waals surface area contributed by atoms with Crippen LogP contribution in [-0.2, 0) is 16.0 Å². The number of rotatable bonds is 8. The molecule has 0 unspecified atom stereocenters. The molecule has 0 bridgehead atoms. The number of ether oxygens (including phenoxy) is 1. The fourth-order valence-electron chi connectivity index (χ4n) is 2.65. The molecule has 2 aromatic rings. The predicted molar refractivity (Wildman–Crippen MR) is 109 cm³/mol. The zero-order chi connectivity index (χ0) is 19.8. The molecule has 0 aliphatic rings. The van der Waals surface area contributed by atoms with Crippen molar-refractivity contribution in [2.75, 3.05) is 44.1 Å². The van der Waals surface area contributed by atoms with Crippen LogP contribution in [0.4, 0.5) is 11.4 Å². The van der Waals surface area contributed by atoms with Gasteiger partial charge < -0.3 is 19.9 Å². The summed E-state index contributed by atoms with van der Waals surface area (Å²) < 4.78 is 5.13. The molecule has 2 amide bonds. The molecule has 6 nitrogen and oxygen atoms in total. The third-order valence-corrected chi connectivity index (χ3v) is 4.25. The smallest absolute Gasteiger partial charge is 0.240 e. The lowest BCUT2D eigenvalue weighted by Crippen LogP contribution is -2.40. The van der Waals surface area contributed by atoms with Gasteiger partial charge >= 0.3 is 0 Å². The second-order valence-corrected chi connectivity index (χ2v) is 6.46. The third kappa shape index (κ3) is 6.02. The summed E-state index contributed by atoms with van der Waals surface area (Å²) in [7, 11) is 5.53. The number of anilines is 2. The van der Waals surface area contributed by atoms with Crippen LogP contribution >= 0.6 is 0 Å². The number of amides is 2. The van der Waals surface area contributed by atoms with Crippen LogP contribution in [0.5, 0.6) is 5.75 Å². The van der Waals surface area contributed by atoms with Gasteiger partial charge in [-0.05, 0) is 48.4 Å². The first kappa shape index (κ1) is 20.3. The van der Waals surface area contributed by atoms with E-state index in [0.717, 1.165) is 17.0 Å². The van der Waals surface area contributed by atoms with Crippen molar-refractivity contribution in [3.8, 4) is 5.75 Å². The van der Waals surface area contributed by atoms with Crippen LogP contribution in [0, 0.1) is 0 Å². The predicted octanol–water partition coefficient (Wildman–Crippen LogP) is 2.47. The van der Waals surface area contributed by atoms with Crippen molar-refractivity contribution >= 4 is 23.2 Å². The number of benzene rings is 2. The topological polar surface area (TPSA) is 61.9 Å². The SMILES string of the molecule is COc1ccc(CCNC(=O)CN(C(C)=O)c2ccc(N(C)C)cc2)cc1. The van der Waals surface area contributed by atoms with E-state index in [2.05, 4.69) is 5.32 Å². The Morgan fingerprint density at radius 3 is 2.07 bits per heavy atom. The Hall–Kier alpha value is -3.02. The van der Waals surface area contributed by atoms with Gasteiger partial charge in [0.15, 0.2) is 0 Å². The Bertz CT molecular complexity index is 755. The van der Waals surface area contributed by atoms with Crippen LogP contribution in [0.3, 0.4) is 0 Å². The Balaban J connectivity index is 1.89. The van der Waals surface area contributed by atoms with E-state index >= 15 is 0 Å². The summed E-state index contributed by atoms with van der Waals surface area (Å²) in [5.41, 5.74) is 2.85. The van der Waals surface area contributed by atoms with Crippen LogP contribution in [0.2, 0.25) is 0 Å². The standard InChI is InChI=1S/C21H27N3O3/c1-16(25)24(19-9-7-18(8-10-19)23(2)3)15-21(26)22-14-13-17-5-11-20(27-4)12-6-17/h5-12H,13-15H2,1-4H3,(H,22,26). The molecule has 27 heavy (non-hydrogen) atoms. The first-order valence-electron chi connectivity index (χ1n) is 8.86. The zero-order valence-corrected chi connectivity index (χ0v) is 16.4. The highest BCUT2D eigenvalue weighted by Crippen LogP contribution is 2.19. The molecular weight excluding hydrogens is 342 g/mol. The molecule has 0 radical (unpaired) electrons. The van der Waals surface area contributed by atoms with Crippen molar-refractivity contribution in [1.82, 2.24) is 5.32 Å². The molecule has 0 atom stereocenters. The fourth-order valence-corrected chi connectivity index (χ4v) is 2.65. The number of carbonyl (C=O) groups is 2. The van der Waals surface area contributed by atoms with Gasteiger partial charge in [0.25, 0.3) is 0 Å². The molecule has 0 fully saturated rings. The molecule has 2 aromatic carbocycles. The Morgan fingerprint density at radius 1 is 0.963 bits per heavy atom. The van der Waals surface area contributed by atoms with Crippen LogP contribution in [0.25, 0.3) is 0 Å². The summed E-state index contributed by atoms with van der Waals surface area (Å²) >= 11 is 0. The number of carbonyl (C=O) groups excluding carboxylic acids is 2. The Labute approximate surface area is 160 Å². The highest BCUT2D eigenvalue weighted by atomic mass is 16.5. The molecule has 6 heteroatoms. The van der Waals surface area contributed by atoms with Crippen molar-refractivity contribution in [1.29, 1.82) is 0 Å². The summed E-state index contributed by atoms with van der Waals surface area (Å²) in [5, 5.41) is 2.87. The van der Waals surface area contributed by atoms with E-state index in [1.807, 2.05) is 67.5 Å². The summed E-state index contributed by atoms with van der Waals surface area (Å²) in [4.78, 5) is 27.7. The number of methoxy groups -OCH3 is 1. The average molecular weight is 369 g/mol. The highest BCUT2D eigenvalue weighted by Gasteiger charge is 2.15. The lowest BCUT2D eigenvalue weighted by molar-refractivity contribution is -0.123. The van der Waals surface area contributed by atoms with Gasteiger partial charge in [-0.3, -0.25) is 9.59 Å². The van der Waals surface area contributed by atoms with Crippen LogP contribution in [0.15, 0.2) is 48.5 Å². The van der Waals surface area contributed by atoms with Crippen molar-refractivity contribution in [3.05, 3.63) is 54.1 Å². The maximum absolute atomic E-state index is 12.3. The third-order valence-electron chi connectivity index (χ3n) is 4.25. The minimum Gasteiger partial charge on any atom is -0.497 e. The molecular formula is C21H27N3O3. The van der Waals surface area contributed by atoms with Crippen molar-refractivity contribution < 1.29 is 14.3 Å². The minimum atomic E-state index is -0.185. The maximum Gasteiger partial charge on any atom is 0.240 e. The second kappa shape index (κ2) is 9.62. The molecule has 2 rings (SSSR count). The second-order valence-electron chi connectivity index (χ2n) is 6.46. The molecule has 0 aliphatic heterocycles. The number of nitrogens with zero attached hydrogens (tertiary/aromatic N) is 2. The summed E-state index contributed by atoms with van der Waals surface area (Å²) in [6.07, 6.45) is 0.716. The van der Waals surface area contributed by atoms with E-state index in [-0.39, 0.29) is 18.4 Å². The minimum absolute atomic E-state index is 0.000737. The van der Waals surface area contributed by atoms with E-state index < -0.39 is 0 Å². The van der Waals surface area contributed by atoms with Crippen molar-refractivity contribution in [2.24, 2.45) is 0 Å². The first-order valence-corrected chi connectivity index (χ1v) is 8.86. The van der Waals surface area contributed by atoms with E-state index in [4.69, 9.17) is 4.74 Å². The highest BCUT2D eigenvalue weighted by molar-refractivity contribution is 5.97. The van der Waals surface area contributed by atoms with Crippen LogP contribution < -0.4 is 19.9 Å². The zero-order valence-electron chi connectivity index (χ0n) is 16.4. The van der Waals surface area contributed by atoms with Gasteiger partial charge in [-0.1, -0.05) is 12.1 Å². The average Bonchev–Trinajstić information content (AvgIpc) is 2.66. The molecule has 0 saturated heterocycles. The number of nitrogens with one attached hydrogen (secondary N) is 1. The molecule has 1 N–H and O–H groups in total. The van der Waals surface area contributed by atoms with Gasteiger partial charge in [0.1, 0.15) is 12.3 Å². The quantitative estimate of drug-likeness (QED) is 0.777. The maximum atomic E-state index is 12.3. The lowest BCUT2D eigenvalue weighted by atomic mass is 10.1. The van der Waals surface area contributed by atoms with Gasteiger partial charge in [0.05, 0.1) is 7.11 Å². The normalized spacial score (nSPS) is 10.2.